The highest BCUT2D eigenvalue weighted by molar-refractivity contribution is 7.14. The number of aromatic nitrogens is 2. The van der Waals surface area contributed by atoms with Crippen molar-refractivity contribution in [1.82, 2.24) is 14.9 Å². The molecule has 7 nitrogen and oxygen atoms in total. The summed E-state index contributed by atoms with van der Waals surface area (Å²) in [5.74, 6) is 0.0524. The zero-order valence-corrected chi connectivity index (χ0v) is 19.3. The van der Waals surface area contributed by atoms with Gasteiger partial charge in [0.25, 0.3) is 0 Å². The smallest absolute Gasteiger partial charge is 0.240 e. The number of carbonyl (C=O) groups is 2. The van der Waals surface area contributed by atoms with Gasteiger partial charge in [0, 0.05) is 16.6 Å². The zero-order chi connectivity index (χ0) is 22.5. The van der Waals surface area contributed by atoms with E-state index in [9.17, 15) is 9.59 Å². The van der Waals surface area contributed by atoms with Crippen molar-refractivity contribution < 1.29 is 9.59 Å². The van der Waals surface area contributed by atoms with Gasteiger partial charge in [0.05, 0.1) is 18.8 Å². The molecule has 0 fully saturated rings. The van der Waals surface area contributed by atoms with E-state index in [1.807, 2.05) is 24.4 Å². The van der Waals surface area contributed by atoms with Crippen molar-refractivity contribution in [3.05, 3.63) is 58.1 Å². The van der Waals surface area contributed by atoms with Crippen LogP contribution in [-0.4, -0.2) is 46.8 Å². The minimum atomic E-state index is -0.227. The molecule has 0 saturated heterocycles. The maximum atomic E-state index is 12.4. The van der Waals surface area contributed by atoms with Crippen molar-refractivity contribution in [2.45, 2.75) is 27.7 Å². The number of nitrogens with zero attached hydrogens (tertiary/aromatic N) is 3. The molecule has 0 atom stereocenters. The number of anilines is 2. The van der Waals surface area contributed by atoms with Gasteiger partial charge in [-0.05, 0) is 69.6 Å². The summed E-state index contributed by atoms with van der Waals surface area (Å²) in [5.41, 5.74) is 6.34. The molecule has 0 aliphatic heterocycles. The molecule has 2 aromatic heterocycles. The number of hydrogen-bond acceptors (Lipinski definition) is 6. The molecule has 1 aromatic carbocycles. The number of hydrogen-bond donors (Lipinski definition) is 2. The topological polar surface area (TPSA) is 87.2 Å². The third kappa shape index (κ3) is 6.19. The van der Waals surface area contributed by atoms with Gasteiger partial charge in [-0.15, -0.1) is 11.3 Å². The van der Waals surface area contributed by atoms with E-state index in [-0.39, 0.29) is 24.9 Å². The van der Waals surface area contributed by atoms with Gasteiger partial charge in [0.2, 0.25) is 11.8 Å². The van der Waals surface area contributed by atoms with Crippen LogP contribution in [0.2, 0.25) is 0 Å². The Kier molecular flexibility index (Phi) is 7.14. The summed E-state index contributed by atoms with van der Waals surface area (Å²) >= 11 is 1.39. The molecule has 2 heterocycles. The maximum absolute atomic E-state index is 12.4. The molecule has 2 N–H and O–H groups in total. The normalized spacial score (nSPS) is 10.9. The molecule has 0 bridgehead atoms. The van der Waals surface area contributed by atoms with Gasteiger partial charge in [-0.1, -0.05) is 12.1 Å². The summed E-state index contributed by atoms with van der Waals surface area (Å²) in [6.45, 7) is 8.24. The number of rotatable bonds is 7. The number of nitrogens with one attached hydrogen (secondary N) is 2. The quantitative estimate of drug-likeness (QED) is 0.584. The van der Waals surface area contributed by atoms with E-state index < -0.39 is 0 Å². The van der Waals surface area contributed by atoms with Crippen molar-refractivity contribution >= 4 is 34.1 Å². The van der Waals surface area contributed by atoms with Gasteiger partial charge in [-0.3, -0.25) is 14.5 Å². The van der Waals surface area contributed by atoms with Crippen LogP contribution in [0.15, 0.2) is 35.7 Å². The Balaban J connectivity index is 1.54. The van der Waals surface area contributed by atoms with Crippen molar-refractivity contribution in [3.63, 3.8) is 0 Å². The van der Waals surface area contributed by atoms with Gasteiger partial charge >= 0.3 is 0 Å². The van der Waals surface area contributed by atoms with Crippen LogP contribution in [0.3, 0.4) is 0 Å². The van der Waals surface area contributed by atoms with Crippen molar-refractivity contribution in [2.24, 2.45) is 0 Å². The second-order valence-corrected chi connectivity index (χ2v) is 8.58. The molecule has 0 spiro atoms. The first-order valence-electron chi connectivity index (χ1n) is 9.97. The summed E-state index contributed by atoms with van der Waals surface area (Å²) in [6.07, 6.45) is 0. The SMILES string of the molecule is Cc1cccc(NC(=O)CN(C)CC(=O)Nc2nc(-c3cc(C)c(C)cc3C)cs2)n1. The molecule has 31 heavy (non-hydrogen) atoms. The number of aryl methyl sites for hydroxylation is 4. The van der Waals surface area contributed by atoms with E-state index in [1.165, 1.54) is 22.5 Å². The number of carbonyl (C=O) groups excluding carboxylic acids is 2. The second kappa shape index (κ2) is 9.80. The van der Waals surface area contributed by atoms with Gasteiger partial charge < -0.3 is 10.6 Å². The number of pyridine rings is 1. The van der Waals surface area contributed by atoms with Crippen LogP contribution in [0.25, 0.3) is 11.3 Å². The Morgan fingerprint density at radius 3 is 2.32 bits per heavy atom. The lowest BCUT2D eigenvalue weighted by atomic mass is 9.99. The minimum Gasteiger partial charge on any atom is -0.310 e. The predicted octanol–water partition coefficient (Wildman–Crippen LogP) is 3.95. The molecule has 3 rings (SSSR count). The van der Waals surface area contributed by atoms with E-state index in [1.54, 1.807) is 18.0 Å². The van der Waals surface area contributed by atoms with Gasteiger partial charge in [0.15, 0.2) is 5.13 Å². The van der Waals surface area contributed by atoms with Crippen LogP contribution >= 0.6 is 11.3 Å². The lowest BCUT2D eigenvalue weighted by Crippen LogP contribution is -2.36. The van der Waals surface area contributed by atoms with Crippen LogP contribution in [-0.2, 0) is 9.59 Å². The Labute approximate surface area is 186 Å². The van der Waals surface area contributed by atoms with Gasteiger partial charge in [-0.25, -0.2) is 9.97 Å². The number of likely N-dealkylation sites (N-methyl/N-ethyl adjacent to an activating group) is 1. The monoisotopic (exact) mass is 437 g/mol. The lowest BCUT2D eigenvalue weighted by Gasteiger charge is -2.15. The highest BCUT2D eigenvalue weighted by atomic mass is 32.1. The van der Waals surface area contributed by atoms with Crippen LogP contribution < -0.4 is 10.6 Å². The van der Waals surface area contributed by atoms with Crippen molar-refractivity contribution in [2.75, 3.05) is 30.8 Å². The third-order valence-corrected chi connectivity index (χ3v) is 5.61. The standard InChI is InChI=1S/C23H27N5O2S/c1-14-9-16(3)18(10-15(14)2)19-13-31-23(25-19)27-22(30)12-28(5)11-21(29)26-20-8-6-7-17(4)24-20/h6-10,13H,11-12H2,1-5H3,(H,24,26,29)(H,25,27,30). The highest BCUT2D eigenvalue weighted by Crippen LogP contribution is 2.29. The van der Waals surface area contributed by atoms with Crippen LogP contribution in [0.4, 0.5) is 10.9 Å². The maximum Gasteiger partial charge on any atom is 0.240 e. The minimum absolute atomic E-state index is 0.0756. The first-order chi connectivity index (χ1) is 14.7. The number of benzene rings is 1. The molecule has 0 aliphatic carbocycles. The molecule has 0 unspecified atom stereocenters. The summed E-state index contributed by atoms with van der Waals surface area (Å²) in [7, 11) is 1.72. The number of amides is 2. The summed E-state index contributed by atoms with van der Waals surface area (Å²) in [6, 6.07) is 9.69. The van der Waals surface area contributed by atoms with E-state index in [2.05, 4.69) is 53.5 Å². The molecule has 162 valence electrons. The molecule has 0 saturated carbocycles. The van der Waals surface area contributed by atoms with Crippen molar-refractivity contribution in [1.29, 1.82) is 0 Å². The van der Waals surface area contributed by atoms with E-state index >= 15 is 0 Å². The molecule has 3 aromatic rings. The summed E-state index contributed by atoms with van der Waals surface area (Å²) in [4.78, 5) is 35.0. The summed E-state index contributed by atoms with van der Waals surface area (Å²) < 4.78 is 0. The van der Waals surface area contributed by atoms with Crippen molar-refractivity contribution in [3.8, 4) is 11.3 Å². The van der Waals surface area contributed by atoms with Gasteiger partial charge in [-0.2, -0.15) is 0 Å². The van der Waals surface area contributed by atoms with E-state index in [4.69, 9.17) is 0 Å². The molecular formula is C23H27N5O2S. The zero-order valence-electron chi connectivity index (χ0n) is 18.4. The van der Waals surface area contributed by atoms with E-state index in [0.29, 0.717) is 10.9 Å². The number of thiazole rings is 1. The average molecular weight is 438 g/mol. The largest absolute Gasteiger partial charge is 0.310 e. The second-order valence-electron chi connectivity index (χ2n) is 7.72. The fourth-order valence-corrected chi connectivity index (χ4v) is 3.92. The Morgan fingerprint density at radius 2 is 1.61 bits per heavy atom. The molecule has 2 amide bonds. The van der Waals surface area contributed by atoms with Crippen LogP contribution in [0, 0.1) is 27.7 Å². The third-order valence-electron chi connectivity index (χ3n) is 4.85. The fourth-order valence-electron chi connectivity index (χ4n) is 3.19. The van der Waals surface area contributed by atoms with E-state index in [0.717, 1.165) is 22.5 Å². The highest BCUT2D eigenvalue weighted by Gasteiger charge is 2.14. The molecular weight excluding hydrogens is 410 g/mol. The Morgan fingerprint density at radius 1 is 0.935 bits per heavy atom. The van der Waals surface area contributed by atoms with Crippen LogP contribution in [0.5, 0.6) is 0 Å². The molecule has 0 aliphatic rings. The Hall–Kier alpha value is -3.10. The first-order valence-corrected chi connectivity index (χ1v) is 10.8. The summed E-state index contributed by atoms with van der Waals surface area (Å²) in [5, 5.41) is 8.04. The Bertz CT molecular complexity index is 1110. The van der Waals surface area contributed by atoms with Gasteiger partial charge in [0.1, 0.15) is 5.82 Å². The average Bonchev–Trinajstić information content (AvgIpc) is 3.12. The predicted molar refractivity (Wildman–Crippen MR) is 125 cm³/mol. The van der Waals surface area contributed by atoms with Crippen LogP contribution in [0.1, 0.15) is 22.4 Å². The molecule has 8 heteroatoms. The lowest BCUT2D eigenvalue weighted by molar-refractivity contribution is -0.119. The molecule has 0 radical (unpaired) electrons. The fraction of sp³-hybridized carbons (Fsp3) is 0.304. The first kappa shape index (κ1) is 22.6.